The van der Waals surface area contributed by atoms with Crippen molar-refractivity contribution in [3.8, 4) is 0 Å². The van der Waals surface area contributed by atoms with Crippen molar-refractivity contribution in [2.75, 3.05) is 13.2 Å². The van der Waals surface area contributed by atoms with Gasteiger partial charge >= 0.3 is 0 Å². The molecule has 0 saturated carbocycles. The van der Waals surface area contributed by atoms with Crippen molar-refractivity contribution in [1.82, 2.24) is 0 Å². The van der Waals surface area contributed by atoms with Crippen molar-refractivity contribution >= 4 is 0 Å². The van der Waals surface area contributed by atoms with E-state index in [-0.39, 0.29) is 0 Å². The molecule has 2 rings (SSSR count). The van der Waals surface area contributed by atoms with E-state index in [9.17, 15) is 0 Å². The minimum Gasteiger partial charge on any atom is -0.375 e. The molecule has 1 unspecified atom stereocenters. The molecule has 2 heteroatoms. The lowest BCUT2D eigenvalue weighted by Gasteiger charge is -2.01. The summed E-state index contributed by atoms with van der Waals surface area (Å²) in [7, 11) is 0. The van der Waals surface area contributed by atoms with Gasteiger partial charge in [-0.25, -0.2) is 0 Å². The second kappa shape index (κ2) is 1.71. The predicted octanol–water partition coefficient (Wildman–Crippen LogP) is 0.728. The molecule has 0 amide bonds. The minimum absolute atomic E-state index is 0.370. The molecule has 2 aliphatic heterocycles. The first-order chi connectivity index (χ1) is 3.97. The fourth-order valence-corrected chi connectivity index (χ4v) is 1.26. The largest absolute Gasteiger partial charge is 0.375 e. The quantitative estimate of drug-likeness (QED) is 0.461. The summed E-state index contributed by atoms with van der Waals surface area (Å²) >= 11 is 0. The first-order valence-corrected chi connectivity index (χ1v) is 3.07. The smallest absolute Gasteiger partial charge is 0.128 e. The molecule has 2 heterocycles. The van der Waals surface area contributed by atoms with Gasteiger partial charge in [0.25, 0.3) is 0 Å². The van der Waals surface area contributed by atoms with Gasteiger partial charge in [0.15, 0.2) is 0 Å². The van der Waals surface area contributed by atoms with Crippen LogP contribution in [0.15, 0.2) is 0 Å². The molecule has 2 nitrogen and oxygen atoms in total. The van der Waals surface area contributed by atoms with Gasteiger partial charge in [-0.15, -0.1) is 0 Å². The van der Waals surface area contributed by atoms with E-state index < -0.39 is 0 Å². The Morgan fingerprint density at radius 2 is 2.38 bits per heavy atom. The molecular weight excluding hydrogens is 104 g/mol. The van der Waals surface area contributed by atoms with Crippen LogP contribution in [0.5, 0.6) is 0 Å². The van der Waals surface area contributed by atoms with E-state index in [2.05, 4.69) is 0 Å². The standard InChI is InChI=1S/C6H9O2/c1-3-7-6-2-4-8-5(1)6/h5H,1-4H2. The van der Waals surface area contributed by atoms with Gasteiger partial charge in [-0.2, -0.15) is 0 Å². The van der Waals surface area contributed by atoms with Gasteiger partial charge in [-0.1, -0.05) is 0 Å². The van der Waals surface area contributed by atoms with Crippen molar-refractivity contribution in [2.45, 2.75) is 18.9 Å². The molecule has 0 aliphatic carbocycles. The first kappa shape index (κ1) is 4.77. The Kier molecular flexibility index (Phi) is 1.02. The molecular formula is C6H9O2. The van der Waals surface area contributed by atoms with Gasteiger partial charge in [0.05, 0.1) is 19.3 Å². The van der Waals surface area contributed by atoms with Crippen molar-refractivity contribution in [1.29, 1.82) is 0 Å². The van der Waals surface area contributed by atoms with Gasteiger partial charge in [0.2, 0.25) is 0 Å². The Bertz CT molecular complexity index is 72.5. The molecule has 1 atom stereocenters. The highest BCUT2D eigenvalue weighted by Crippen LogP contribution is 2.31. The lowest BCUT2D eigenvalue weighted by Crippen LogP contribution is -2.05. The number of fused-ring (bicyclic) bond motifs is 1. The van der Waals surface area contributed by atoms with E-state index in [4.69, 9.17) is 9.47 Å². The van der Waals surface area contributed by atoms with E-state index >= 15 is 0 Å². The van der Waals surface area contributed by atoms with Crippen LogP contribution >= 0.6 is 0 Å². The maximum atomic E-state index is 5.31. The number of rotatable bonds is 0. The fraction of sp³-hybridized carbons (Fsp3) is 0.833. The van der Waals surface area contributed by atoms with E-state index in [1.165, 1.54) is 6.10 Å². The van der Waals surface area contributed by atoms with Crippen LogP contribution in [0.4, 0.5) is 0 Å². The molecule has 0 aromatic rings. The molecule has 0 bridgehead atoms. The summed E-state index contributed by atoms with van der Waals surface area (Å²) in [6, 6.07) is 0. The summed E-state index contributed by atoms with van der Waals surface area (Å²) in [5.41, 5.74) is 0. The summed E-state index contributed by atoms with van der Waals surface area (Å²) in [4.78, 5) is 0. The molecule has 0 aromatic carbocycles. The van der Waals surface area contributed by atoms with E-state index in [0.717, 1.165) is 26.1 Å². The lowest BCUT2D eigenvalue weighted by molar-refractivity contribution is 0.117. The van der Waals surface area contributed by atoms with Crippen LogP contribution in [0.2, 0.25) is 0 Å². The summed E-state index contributed by atoms with van der Waals surface area (Å²) < 4.78 is 10.6. The SMILES string of the molecule is C1CC2OCC[C]2O1. The average Bonchev–Trinajstić information content (AvgIpc) is 2.15. The maximum absolute atomic E-state index is 5.31. The molecule has 2 fully saturated rings. The van der Waals surface area contributed by atoms with Crippen LogP contribution in [0.1, 0.15) is 12.8 Å². The number of hydrogen-bond acceptors (Lipinski definition) is 2. The summed E-state index contributed by atoms with van der Waals surface area (Å²) in [6.07, 6.45) is 3.67. The zero-order valence-corrected chi connectivity index (χ0v) is 4.72. The lowest BCUT2D eigenvalue weighted by atomic mass is 10.2. The normalized spacial score (nSPS) is 38.2. The Labute approximate surface area is 48.8 Å². The highest BCUT2D eigenvalue weighted by atomic mass is 16.6. The van der Waals surface area contributed by atoms with Gasteiger partial charge in [-0.3, -0.25) is 0 Å². The monoisotopic (exact) mass is 113 g/mol. The van der Waals surface area contributed by atoms with Crippen LogP contribution < -0.4 is 0 Å². The third kappa shape index (κ3) is 0.565. The van der Waals surface area contributed by atoms with Gasteiger partial charge < -0.3 is 9.47 Å². The van der Waals surface area contributed by atoms with E-state index in [0.29, 0.717) is 6.10 Å². The minimum atomic E-state index is 0.370. The third-order valence-electron chi connectivity index (χ3n) is 1.69. The Morgan fingerprint density at radius 1 is 1.38 bits per heavy atom. The molecule has 0 N–H and O–H groups in total. The summed E-state index contributed by atoms with van der Waals surface area (Å²) in [5.74, 6) is 0. The van der Waals surface area contributed by atoms with Gasteiger partial charge in [-0.05, 0) is 6.42 Å². The van der Waals surface area contributed by atoms with Crippen LogP contribution in [0.25, 0.3) is 0 Å². The molecule has 2 saturated heterocycles. The predicted molar refractivity (Wildman–Crippen MR) is 28.2 cm³/mol. The molecule has 8 heavy (non-hydrogen) atoms. The Morgan fingerprint density at radius 3 is 3.25 bits per heavy atom. The van der Waals surface area contributed by atoms with Crippen LogP contribution in [0.3, 0.4) is 0 Å². The zero-order valence-electron chi connectivity index (χ0n) is 4.72. The van der Waals surface area contributed by atoms with Crippen molar-refractivity contribution in [3.05, 3.63) is 6.10 Å². The molecule has 0 aromatic heterocycles. The van der Waals surface area contributed by atoms with Crippen LogP contribution in [-0.2, 0) is 9.47 Å². The van der Waals surface area contributed by atoms with Crippen molar-refractivity contribution < 1.29 is 9.47 Å². The second-order valence-electron chi connectivity index (χ2n) is 2.21. The maximum Gasteiger partial charge on any atom is 0.128 e. The zero-order chi connectivity index (χ0) is 5.40. The molecule has 1 radical (unpaired) electrons. The average molecular weight is 113 g/mol. The molecule has 2 aliphatic rings. The number of ether oxygens (including phenoxy) is 2. The molecule has 0 spiro atoms. The second-order valence-corrected chi connectivity index (χ2v) is 2.21. The Balaban J connectivity index is 2.04. The summed E-state index contributed by atoms with van der Waals surface area (Å²) in [5, 5.41) is 0. The van der Waals surface area contributed by atoms with E-state index in [1.807, 2.05) is 0 Å². The van der Waals surface area contributed by atoms with Crippen molar-refractivity contribution in [3.63, 3.8) is 0 Å². The van der Waals surface area contributed by atoms with Crippen LogP contribution in [0, 0.1) is 6.10 Å². The number of hydrogen-bond donors (Lipinski definition) is 0. The Hall–Kier alpha value is -0.0800. The first-order valence-electron chi connectivity index (χ1n) is 3.07. The fourth-order valence-electron chi connectivity index (χ4n) is 1.26. The van der Waals surface area contributed by atoms with Crippen LogP contribution in [-0.4, -0.2) is 19.3 Å². The summed E-state index contributed by atoms with van der Waals surface area (Å²) in [6.45, 7) is 1.75. The van der Waals surface area contributed by atoms with Gasteiger partial charge in [0.1, 0.15) is 6.10 Å². The van der Waals surface area contributed by atoms with Crippen molar-refractivity contribution in [2.24, 2.45) is 0 Å². The third-order valence-corrected chi connectivity index (χ3v) is 1.69. The van der Waals surface area contributed by atoms with Gasteiger partial charge in [0, 0.05) is 6.42 Å². The van der Waals surface area contributed by atoms with E-state index in [1.54, 1.807) is 0 Å². The highest BCUT2D eigenvalue weighted by Gasteiger charge is 2.34. The topological polar surface area (TPSA) is 18.5 Å². The molecule has 45 valence electrons. The highest BCUT2D eigenvalue weighted by molar-refractivity contribution is 4.97.